The van der Waals surface area contributed by atoms with Crippen LogP contribution in [0.4, 0.5) is 5.69 Å². The minimum absolute atomic E-state index is 0.0364. The lowest BCUT2D eigenvalue weighted by molar-refractivity contribution is -0.123. The lowest BCUT2D eigenvalue weighted by Gasteiger charge is -2.27. The fourth-order valence-corrected chi connectivity index (χ4v) is 3.57. The fraction of sp³-hybridized carbons (Fsp3) is 0.500. The van der Waals surface area contributed by atoms with Crippen molar-refractivity contribution in [2.45, 2.75) is 25.3 Å². The van der Waals surface area contributed by atoms with Gasteiger partial charge in [0.2, 0.25) is 5.91 Å². The summed E-state index contributed by atoms with van der Waals surface area (Å²) >= 11 is 0. The second-order valence-electron chi connectivity index (χ2n) is 5.36. The van der Waals surface area contributed by atoms with E-state index in [0.717, 1.165) is 17.8 Å². The van der Waals surface area contributed by atoms with Crippen molar-refractivity contribution < 1.29 is 13.2 Å². The number of hydrogen-bond acceptors (Lipinski definition) is 4. The third-order valence-electron chi connectivity index (χ3n) is 3.34. The average Bonchev–Trinajstić information content (AvgIpc) is 2.35. The first-order valence-corrected chi connectivity index (χ1v) is 8.74. The lowest BCUT2D eigenvalue weighted by Crippen LogP contribution is -2.41. The Morgan fingerprint density at radius 3 is 2.85 bits per heavy atom. The maximum absolute atomic E-state index is 12.3. The molecule has 1 aromatic rings. The van der Waals surface area contributed by atoms with E-state index in [2.05, 4.69) is 10.6 Å². The van der Waals surface area contributed by atoms with Gasteiger partial charge in [-0.1, -0.05) is 18.2 Å². The molecule has 0 radical (unpaired) electrons. The summed E-state index contributed by atoms with van der Waals surface area (Å²) < 4.78 is 22.5. The van der Waals surface area contributed by atoms with Crippen LogP contribution in [0.2, 0.25) is 0 Å². The zero-order valence-electron chi connectivity index (χ0n) is 11.7. The van der Waals surface area contributed by atoms with Gasteiger partial charge in [0.05, 0.1) is 11.7 Å². The first kappa shape index (κ1) is 14.8. The second kappa shape index (κ2) is 5.83. The largest absolute Gasteiger partial charge is 0.385 e. The number of anilines is 1. The van der Waals surface area contributed by atoms with Gasteiger partial charge in [0.25, 0.3) is 0 Å². The Morgan fingerprint density at radius 2 is 2.15 bits per heavy atom. The monoisotopic (exact) mass is 296 g/mol. The Balaban J connectivity index is 2.07. The molecule has 0 aliphatic carbocycles. The number of para-hydroxylation sites is 1. The molecule has 110 valence electrons. The van der Waals surface area contributed by atoms with E-state index in [-0.39, 0.29) is 23.6 Å². The van der Waals surface area contributed by atoms with Crippen LogP contribution in [0.5, 0.6) is 0 Å². The molecule has 0 spiro atoms. The summed E-state index contributed by atoms with van der Waals surface area (Å²) in [5.41, 5.74) is 1.96. The van der Waals surface area contributed by atoms with Gasteiger partial charge in [-0.25, -0.2) is 8.42 Å². The summed E-state index contributed by atoms with van der Waals surface area (Å²) in [6.45, 7) is 2.46. The van der Waals surface area contributed by atoms with Gasteiger partial charge >= 0.3 is 0 Å². The quantitative estimate of drug-likeness (QED) is 0.873. The molecule has 0 bridgehead atoms. The smallest absolute Gasteiger partial charge is 0.227 e. The second-order valence-corrected chi connectivity index (χ2v) is 7.54. The van der Waals surface area contributed by atoms with Crippen molar-refractivity contribution in [2.75, 3.05) is 23.9 Å². The fourth-order valence-electron chi connectivity index (χ4n) is 2.58. The third-order valence-corrected chi connectivity index (χ3v) is 4.45. The minimum Gasteiger partial charge on any atom is -0.385 e. The Hall–Kier alpha value is -1.56. The SMILES string of the molecule is CC(CS(C)(=O)=O)NC(=O)C1CCNc2ccccc21. The Morgan fingerprint density at radius 1 is 1.45 bits per heavy atom. The van der Waals surface area contributed by atoms with Crippen LogP contribution >= 0.6 is 0 Å². The van der Waals surface area contributed by atoms with Crippen LogP contribution in [0.25, 0.3) is 0 Å². The average molecular weight is 296 g/mol. The summed E-state index contributed by atoms with van der Waals surface area (Å²) in [7, 11) is -3.09. The number of hydrogen-bond donors (Lipinski definition) is 2. The summed E-state index contributed by atoms with van der Waals surface area (Å²) in [5.74, 6) is -0.352. The molecule has 6 heteroatoms. The molecular formula is C14H20N2O3S. The predicted molar refractivity (Wildman–Crippen MR) is 79.6 cm³/mol. The molecule has 2 N–H and O–H groups in total. The third kappa shape index (κ3) is 3.72. The van der Waals surface area contributed by atoms with Crippen molar-refractivity contribution in [1.29, 1.82) is 0 Å². The van der Waals surface area contributed by atoms with Gasteiger partial charge < -0.3 is 10.6 Å². The molecule has 1 aliphatic heterocycles. The maximum atomic E-state index is 12.3. The highest BCUT2D eigenvalue weighted by molar-refractivity contribution is 7.90. The molecular weight excluding hydrogens is 276 g/mol. The topological polar surface area (TPSA) is 75.3 Å². The summed E-state index contributed by atoms with van der Waals surface area (Å²) in [6, 6.07) is 7.35. The number of fused-ring (bicyclic) bond motifs is 1. The number of carbonyl (C=O) groups excluding carboxylic acids is 1. The van der Waals surface area contributed by atoms with Gasteiger partial charge in [0.1, 0.15) is 9.84 Å². The molecule has 0 saturated carbocycles. The first-order valence-electron chi connectivity index (χ1n) is 6.68. The van der Waals surface area contributed by atoms with Crippen LogP contribution in [-0.2, 0) is 14.6 Å². The normalized spacial score (nSPS) is 19.6. The van der Waals surface area contributed by atoms with Crippen molar-refractivity contribution in [3.63, 3.8) is 0 Å². The molecule has 1 aliphatic rings. The van der Waals surface area contributed by atoms with E-state index in [9.17, 15) is 13.2 Å². The van der Waals surface area contributed by atoms with Gasteiger partial charge in [-0.05, 0) is 25.0 Å². The van der Waals surface area contributed by atoms with Crippen molar-refractivity contribution in [3.8, 4) is 0 Å². The van der Waals surface area contributed by atoms with Crippen LogP contribution in [0.15, 0.2) is 24.3 Å². The summed E-state index contributed by atoms with van der Waals surface area (Å²) in [4.78, 5) is 12.3. The van der Waals surface area contributed by atoms with Crippen molar-refractivity contribution in [1.82, 2.24) is 5.32 Å². The first-order chi connectivity index (χ1) is 9.37. The molecule has 1 heterocycles. The predicted octanol–water partition coefficient (Wildman–Crippen LogP) is 1.14. The lowest BCUT2D eigenvalue weighted by atomic mass is 9.90. The standard InChI is InChI=1S/C14H20N2O3S/c1-10(9-20(2,18)19)16-14(17)12-7-8-15-13-6-4-3-5-11(12)13/h3-6,10,12,15H,7-9H2,1-2H3,(H,16,17). The molecule has 5 nitrogen and oxygen atoms in total. The van der Waals surface area contributed by atoms with E-state index in [1.165, 1.54) is 6.26 Å². The van der Waals surface area contributed by atoms with Crippen LogP contribution in [-0.4, -0.2) is 38.9 Å². The molecule has 0 aromatic heterocycles. The van der Waals surface area contributed by atoms with E-state index < -0.39 is 9.84 Å². The van der Waals surface area contributed by atoms with Crippen LogP contribution in [0.3, 0.4) is 0 Å². The van der Waals surface area contributed by atoms with Crippen LogP contribution in [0.1, 0.15) is 24.8 Å². The molecule has 0 fully saturated rings. The van der Waals surface area contributed by atoms with E-state index in [0.29, 0.717) is 6.42 Å². The van der Waals surface area contributed by atoms with Crippen molar-refractivity contribution in [3.05, 3.63) is 29.8 Å². The minimum atomic E-state index is -3.09. The van der Waals surface area contributed by atoms with Gasteiger partial charge in [-0.3, -0.25) is 4.79 Å². The number of sulfone groups is 1. The molecule has 20 heavy (non-hydrogen) atoms. The van der Waals surface area contributed by atoms with Crippen molar-refractivity contribution >= 4 is 21.4 Å². The molecule has 2 atom stereocenters. The number of carbonyl (C=O) groups is 1. The molecule has 1 amide bonds. The highest BCUT2D eigenvalue weighted by Crippen LogP contribution is 2.31. The number of rotatable bonds is 4. The van der Waals surface area contributed by atoms with Crippen LogP contribution < -0.4 is 10.6 Å². The highest BCUT2D eigenvalue weighted by Gasteiger charge is 2.27. The molecule has 2 unspecified atom stereocenters. The van der Waals surface area contributed by atoms with Gasteiger partial charge in [-0.15, -0.1) is 0 Å². The highest BCUT2D eigenvalue weighted by atomic mass is 32.2. The number of amides is 1. The zero-order valence-corrected chi connectivity index (χ0v) is 12.5. The molecule has 2 rings (SSSR count). The summed E-state index contributed by atoms with van der Waals surface area (Å²) in [5, 5.41) is 6.06. The van der Waals surface area contributed by atoms with E-state index in [4.69, 9.17) is 0 Å². The Bertz CT molecular complexity index is 598. The van der Waals surface area contributed by atoms with E-state index in [1.54, 1.807) is 6.92 Å². The van der Waals surface area contributed by atoms with Crippen molar-refractivity contribution in [2.24, 2.45) is 0 Å². The van der Waals surface area contributed by atoms with Gasteiger partial charge in [0.15, 0.2) is 0 Å². The van der Waals surface area contributed by atoms with Crippen LogP contribution in [0, 0.1) is 0 Å². The molecule has 0 saturated heterocycles. The van der Waals surface area contributed by atoms with E-state index >= 15 is 0 Å². The number of benzene rings is 1. The summed E-state index contributed by atoms with van der Waals surface area (Å²) in [6.07, 6.45) is 1.89. The maximum Gasteiger partial charge on any atom is 0.227 e. The Labute approximate surface area is 119 Å². The van der Waals surface area contributed by atoms with Gasteiger partial charge in [0, 0.05) is 24.5 Å². The number of nitrogens with one attached hydrogen (secondary N) is 2. The Kier molecular flexibility index (Phi) is 4.32. The molecule has 1 aromatic carbocycles. The van der Waals surface area contributed by atoms with Gasteiger partial charge in [-0.2, -0.15) is 0 Å². The van der Waals surface area contributed by atoms with E-state index in [1.807, 2.05) is 24.3 Å². The zero-order chi connectivity index (χ0) is 14.8.